The fourth-order valence-electron chi connectivity index (χ4n) is 2.95. The molecule has 27 heavy (non-hydrogen) atoms. The summed E-state index contributed by atoms with van der Waals surface area (Å²) in [7, 11) is 0. The van der Waals surface area contributed by atoms with Crippen LogP contribution in [0, 0.1) is 13.8 Å². The van der Waals surface area contributed by atoms with Gasteiger partial charge in [-0.15, -0.1) is 11.3 Å². The van der Waals surface area contributed by atoms with Gasteiger partial charge >= 0.3 is 0 Å². The van der Waals surface area contributed by atoms with Gasteiger partial charge in [0.2, 0.25) is 0 Å². The Morgan fingerprint density at radius 2 is 1.85 bits per heavy atom. The first-order valence-electron chi connectivity index (χ1n) is 8.54. The summed E-state index contributed by atoms with van der Waals surface area (Å²) in [6, 6.07) is 15.6. The van der Waals surface area contributed by atoms with Gasteiger partial charge in [0.25, 0.3) is 5.56 Å². The van der Waals surface area contributed by atoms with Crippen LogP contribution in [-0.4, -0.2) is 9.55 Å². The molecule has 0 radical (unpaired) electrons. The number of nitrogens with zero attached hydrogens (tertiary/aromatic N) is 2. The SMILES string of the molecule is Cc1ccc(-n2c(/C=C/c3cc(Br)cs3)nc3ccccc3c2=O)cc1C. The van der Waals surface area contributed by atoms with E-state index < -0.39 is 0 Å². The smallest absolute Gasteiger partial charge is 0.266 e. The van der Waals surface area contributed by atoms with Crippen LogP contribution in [0.25, 0.3) is 28.7 Å². The Balaban J connectivity index is 1.96. The average Bonchev–Trinajstić information content (AvgIpc) is 3.08. The molecule has 0 aliphatic carbocycles. The Morgan fingerprint density at radius 1 is 1.04 bits per heavy atom. The lowest BCUT2D eigenvalue weighted by atomic mass is 10.1. The predicted octanol–water partition coefficient (Wildman–Crippen LogP) is 6.00. The molecule has 0 amide bonds. The minimum absolute atomic E-state index is 0.0594. The molecule has 0 unspecified atom stereocenters. The van der Waals surface area contributed by atoms with Crippen LogP contribution in [-0.2, 0) is 0 Å². The van der Waals surface area contributed by atoms with Crippen molar-refractivity contribution < 1.29 is 0 Å². The van der Waals surface area contributed by atoms with Gasteiger partial charge in [-0.25, -0.2) is 4.98 Å². The van der Waals surface area contributed by atoms with E-state index in [2.05, 4.69) is 29.8 Å². The first-order chi connectivity index (χ1) is 13.0. The molecule has 0 saturated heterocycles. The fourth-order valence-corrected chi connectivity index (χ4v) is 4.29. The van der Waals surface area contributed by atoms with E-state index in [1.807, 2.05) is 66.1 Å². The Hall–Kier alpha value is -2.50. The second kappa shape index (κ2) is 7.25. The van der Waals surface area contributed by atoms with Crippen molar-refractivity contribution >= 4 is 50.3 Å². The summed E-state index contributed by atoms with van der Waals surface area (Å²) in [6.45, 7) is 4.12. The third-order valence-electron chi connectivity index (χ3n) is 4.53. The van der Waals surface area contributed by atoms with Crippen molar-refractivity contribution in [3.05, 3.63) is 90.6 Å². The number of hydrogen-bond acceptors (Lipinski definition) is 3. The number of thiophene rings is 1. The summed E-state index contributed by atoms with van der Waals surface area (Å²) < 4.78 is 2.73. The maximum absolute atomic E-state index is 13.2. The van der Waals surface area contributed by atoms with Crippen molar-refractivity contribution in [3.63, 3.8) is 0 Å². The maximum Gasteiger partial charge on any atom is 0.266 e. The van der Waals surface area contributed by atoms with Crippen LogP contribution < -0.4 is 5.56 Å². The summed E-state index contributed by atoms with van der Waals surface area (Å²) in [5, 5.41) is 2.65. The standard InChI is InChI=1S/C22H17BrN2OS/c1-14-7-8-17(11-15(14)2)25-21(10-9-18-12-16(23)13-27-18)24-20-6-4-3-5-19(20)22(25)26/h3-13H,1-2H3/b10-9+. The zero-order valence-corrected chi connectivity index (χ0v) is 17.3. The van der Waals surface area contributed by atoms with Crippen molar-refractivity contribution in [2.24, 2.45) is 0 Å². The van der Waals surface area contributed by atoms with Crippen molar-refractivity contribution in [3.8, 4) is 5.69 Å². The molecular formula is C22H17BrN2OS. The van der Waals surface area contributed by atoms with E-state index in [0.717, 1.165) is 20.6 Å². The van der Waals surface area contributed by atoms with Gasteiger partial charge < -0.3 is 0 Å². The lowest BCUT2D eigenvalue weighted by Gasteiger charge is -2.13. The topological polar surface area (TPSA) is 34.9 Å². The molecule has 4 aromatic rings. The molecule has 0 fully saturated rings. The number of fused-ring (bicyclic) bond motifs is 1. The molecule has 2 aromatic carbocycles. The van der Waals surface area contributed by atoms with Gasteiger partial charge in [-0.2, -0.15) is 0 Å². The zero-order valence-electron chi connectivity index (χ0n) is 14.9. The van der Waals surface area contributed by atoms with Gasteiger partial charge in [-0.1, -0.05) is 18.2 Å². The van der Waals surface area contributed by atoms with E-state index in [9.17, 15) is 4.79 Å². The van der Waals surface area contributed by atoms with Crippen LogP contribution in [0.3, 0.4) is 0 Å². The molecule has 0 spiro atoms. The quantitative estimate of drug-likeness (QED) is 0.394. The van der Waals surface area contributed by atoms with Crippen LogP contribution >= 0.6 is 27.3 Å². The van der Waals surface area contributed by atoms with Crippen LogP contribution in [0.5, 0.6) is 0 Å². The van der Waals surface area contributed by atoms with E-state index in [-0.39, 0.29) is 5.56 Å². The molecule has 4 rings (SSSR count). The molecular weight excluding hydrogens is 420 g/mol. The number of benzene rings is 2. The highest BCUT2D eigenvalue weighted by Crippen LogP contribution is 2.22. The molecule has 0 atom stereocenters. The van der Waals surface area contributed by atoms with Crippen molar-refractivity contribution in [2.75, 3.05) is 0 Å². The van der Waals surface area contributed by atoms with E-state index in [1.165, 1.54) is 5.56 Å². The molecule has 2 heterocycles. The number of hydrogen-bond donors (Lipinski definition) is 0. The Kier molecular flexibility index (Phi) is 4.81. The summed E-state index contributed by atoms with van der Waals surface area (Å²) in [4.78, 5) is 19.1. The second-order valence-corrected chi connectivity index (χ2v) is 8.26. The number of aromatic nitrogens is 2. The highest BCUT2D eigenvalue weighted by Gasteiger charge is 2.11. The monoisotopic (exact) mass is 436 g/mol. The van der Waals surface area contributed by atoms with Crippen LogP contribution in [0.4, 0.5) is 0 Å². The van der Waals surface area contributed by atoms with Crippen LogP contribution in [0.2, 0.25) is 0 Å². The summed E-state index contributed by atoms with van der Waals surface area (Å²) in [5.41, 5.74) is 3.81. The highest BCUT2D eigenvalue weighted by molar-refractivity contribution is 9.10. The van der Waals surface area contributed by atoms with Gasteiger partial charge in [0.1, 0.15) is 5.82 Å². The number of para-hydroxylation sites is 1. The molecule has 134 valence electrons. The summed E-state index contributed by atoms with van der Waals surface area (Å²) in [6.07, 6.45) is 3.89. The minimum Gasteiger partial charge on any atom is -0.268 e. The van der Waals surface area contributed by atoms with Gasteiger partial charge in [0.15, 0.2) is 0 Å². The largest absolute Gasteiger partial charge is 0.268 e. The van der Waals surface area contributed by atoms with Gasteiger partial charge in [-0.3, -0.25) is 9.36 Å². The molecule has 0 aliphatic rings. The molecule has 0 bridgehead atoms. The Labute approximate surface area is 169 Å². The van der Waals surface area contributed by atoms with E-state index in [4.69, 9.17) is 4.98 Å². The van der Waals surface area contributed by atoms with Crippen LogP contribution in [0.15, 0.2) is 63.2 Å². The van der Waals surface area contributed by atoms with Crippen molar-refractivity contribution in [1.29, 1.82) is 0 Å². The predicted molar refractivity (Wildman–Crippen MR) is 118 cm³/mol. The average molecular weight is 437 g/mol. The van der Waals surface area contributed by atoms with E-state index in [0.29, 0.717) is 16.7 Å². The van der Waals surface area contributed by atoms with Crippen LogP contribution in [0.1, 0.15) is 21.8 Å². The minimum atomic E-state index is -0.0594. The molecule has 0 saturated carbocycles. The lowest BCUT2D eigenvalue weighted by Crippen LogP contribution is -2.22. The first-order valence-corrected chi connectivity index (χ1v) is 10.2. The summed E-state index contributed by atoms with van der Waals surface area (Å²) >= 11 is 5.11. The van der Waals surface area contributed by atoms with Gasteiger partial charge in [0, 0.05) is 14.7 Å². The third kappa shape index (κ3) is 3.53. The fraction of sp³-hybridized carbons (Fsp3) is 0.0909. The van der Waals surface area contributed by atoms with E-state index in [1.54, 1.807) is 15.9 Å². The lowest BCUT2D eigenvalue weighted by molar-refractivity contribution is 0.941. The molecule has 3 nitrogen and oxygen atoms in total. The molecule has 2 aromatic heterocycles. The Bertz CT molecular complexity index is 1240. The number of rotatable bonds is 3. The molecule has 5 heteroatoms. The first kappa shape index (κ1) is 17.9. The number of halogens is 1. The maximum atomic E-state index is 13.2. The van der Waals surface area contributed by atoms with Gasteiger partial charge in [0.05, 0.1) is 16.6 Å². The van der Waals surface area contributed by atoms with Crippen molar-refractivity contribution in [1.82, 2.24) is 9.55 Å². The highest BCUT2D eigenvalue weighted by atomic mass is 79.9. The van der Waals surface area contributed by atoms with E-state index >= 15 is 0 Å². The second-order valence-electron chi connectivity index (χ2n) is 6.40. The molecule has 0 N–H and O–H groups in total. The normalized spacial score (nSPS) is 11.5. The zero-order chi connectivity index (χ0) is 19.0. The Morgan fingerprint density at radius 3 is 2.59 bits per heavy atom. The van der Waals surface area contributed by atoms with Crippen molar-refractivity contribution in [2.45, 2.75) is 13.8 Å². The summed E-state index contributed by atoms with van der Waals surface area (Å²) in [5.74, 6) is 0.617. The molecule has 0 aliphatic heterocycles. The van der Waals surface area contributed by atoms with Gasteiger partial charge in [-0.05, 0) is 83.4 Å². The number of aryl methyl sites for hydroxylation is 2. The third-order valence-corrected chi connectivity index (χ3v) is 6.19.